The Balaban J connectivity index is 2.01. The summed E-state index contributed by atoms with van der Waals surface area (Å²) in [6.45, 7) is 11.4. The van der Waals surface area contributed by atoms with Gasteiger partial charge >= 0.3 is 0 Å². The highest BCUT2D eigenvalue weighted by Crippen LogP contribution is 2.35. The number of rotatable bonds is 0. The number of hydrogen-bond donors (Lipinski definition) is 0. The summed E-state index contributed by atoms with van der Waals surface area (Å²) in [4.78, 5) is 0. The maximum absolute atomic E-state index is 6.50. The Morgan fingerprint density at radius 1 is 1.23 bits per heavy atom. The molecule has 0 amide bonds. The Hall–Kier alpha value is -1.57. The fourth-order valence-electron chi connectivity index (χ4n) is 3.97. The van der Waals surface area contributed by atoms with E-state index in [1.807, 2.05) is 0 Å². The van der Waals surface area contributed by atoms with Crippen LogP contribution in [0.5, 0.6) is 5.75 Å². The topological polar surface area (TPSA) is 12.2 Å². The summed E-state index contributed by atoms with van der Waals surface area (Å²) < 4.78 is 9.07. The molecule has 0 N–H and O–H groups in total. The van der Waals surface area contributed by atoms with Gasteiger partial charge in [0, 0.05) is 29.4 Å². The minimum atomic E-state index is 0.121. The first-order valence-corrected chi connectivity index (χ1v) is 8.58. The molecule has 1 aromatic carbocycles. The molecule has 3 aliphatic heterocycles. The van der Waals surface area contributed by atoms with E-state index >= 15 is 0 Å². The van der Waals surface area contributed by atoms with Crippen molar-refractivity contribution in [2.75, 3.05) is 13.1 Å². The fraction of sp³-hybridized carbons (Fsp3) is 0.550. The molecule has 1 aromatic rings. The van der Waals surface area contributed by atoms with E-state index in [1.54, 1.807) is 0 Å². The van der Waals surface area contributed by atoms with Gasteiger partial charge in [-0.3, -0.25) is 0 Å². The van der Waals surface area contributed by atoms with Crippen molar-refractivity contribution >= 4 is 11.6 Å². The lowest BCUT2D eigenvalue weighted by molar-refractivity contribution is 0.124. The van der Waals surface area contributed by atoms with Gasteiger partial charge in [0.25, 0.3) is 0 Å². The van der Waals surface area contributed by atoms with E-state index in [-0.39, 0.29) is 11.5 Å². The molecule has 116 valence electrons. The Kier molecular flexibility index (Phi) is 3.01. The summed E-state index contributed by atoms with van der Waals surface area (Å²) in [5.41, 5.74) is 4.32. The quantitative estimate of drug-likeness (QED) is 0.670. The van der Waals surface area contributed by atoms with Crippen LogP contribution < -0.4 is 19.9 Å². The molecule has 2 heteroatoms. The van der Waals surface area contributed by atoms with Gasteiger partial charge in [-0.2, -0.15) is 0 Å². The van der Waals surface area contributed by atoms with E-state index in [9.17, 15) is 0 Å². The first-order valence-electron chi connectivity index (χ1n) is 8.58. The molecular formula is C20H26NO+. The number of benzene rings is 1. The highest BCUT2D eigenvalue weighted by Gasteiger charge is 2.32. The van der Waals surface area contributed by atoms with Crippen molar-refractivity contribution in [3.8, 4) is 5.75 Å². The van der Waals surface area contributed by atoms with Crippen LogP contribution in [0.25, 0.3) is 11.6 Å². The second kappa shape index (κ2) is 4.71. The van der Waals surface area contributed by atoms with Crippen LogP contribution in [-0.2, 0) is 6.42 Å². The van der Waals surface area contributed by atoms with Crippen LogP contribution in [0.2, 0.25) is 0 Å². The van der Waals surface area contributed by atoms with Crippen LogP contribution in [0.4, 0.5) is 0 Å². The summed E-state index contributed by atoms with van der Waals surface area (Å²) >= 11 is 0. The van der Waals surface area contributed by atoms with Crippen LogP contribution in [0.3, 0.4) is 0 Å². The zero-order valence-corrected chi connectivity index (χ0v) is 14.2. The summed E-state index contributed by atoms with van der Waals surface area (Å²) in [5.74, 6) is 1.13. The zero-order chi connectivity index (χ0) is 15.5. The summed E-state index contributed by atoms with van der Waals surface area (Å²) in [6.07, 6.45) is 8.48. The average Bonchev–Trinajstić information content (AvgIpc) is 2.47. The van der Waals surface area contributed by atoms with Crippen LogP contribution in [-0.4, -0.2) is 19.2 Å². The molecule has 0 radical (unpaired) electrons. The van der Waals surface area contributed by atoms with Crippen molar-refractivity contribution in [2.45, 2.75) is 53.1 Å². The molecule has 22 heavy (non-hydrogen) atoms. The van der Waals surface area contributed by atoms with E-state index < -0.39 is 0 Å². The minimum Gasteiger partial charge on any atom is -0.484 e. The van der Waals surface area contributed by atoms with E-state index in [0.717, 1.165) is 18.7 Å². The van der Waals surface area contributed by atoms with Crippen molar-refractivity contribution < 1.29 is 4.74 Å². The molecular weight excluding hydrogens is 270 g/mol. The highest BCUT2D eigenvalue weighted by molar-refractivity contribution is 5.72. The highest BCUT2D eigenvalue weighted by atomic mass is 16.5. The van der Waals surface area contributed by atoms with Gasteiger partial charge in [0.05, 0.1) is 5.22 Å². The summed E-state index contributed by atoms with van der Waals surface area (Å²) in [5, 5.41) is 2.82. The van der Waals surface area contributed by atoms with Gasteiger partial charge in [0.1, 0.15) is 24.9 Å². The predicted octanol–water partition coefficient (Wildman–Crippen LogP) is 2.52. The molecule has 0 aliphatic carbocycles. The first-order chi connectivity index (χ1) is 10.4. The van der Waals surface area contributed by atoms with Crippen LogP contribution in [0, 0.1) is 5.41 Å². The molecule has 4 rings (SSSR count). The Morgan fingerprint density at radius 2 is 2.05 bits per heavy atom. The smallest absolute Gasteiger partial charge is 0.213 e. The molecule has 2 nitrogen and oxygen atoms in total. The van der Waals surface area contributed by atoms with E-state index in [2.05, 4.69) is 50.5 Å². The van der Waals surface area contributed by atoms with Crippen molar-refractivity contribution in [1.29, 1.82) is 0 Å². The lowest BCUT2D eigenvalue weighted by Crippen LogP contribution is -2.50. The van der Waals surface area contributed by atoms with E-state index in [4.69, 9.17) is 4.74 Å². The molecule has 0 aromatic heterocycles. The predicted molar refractivity (Wildman–Crippen MR) is 91.6 cm³/mol. The second-order valence-corrected chi connectivity index (χ2v) is 8.01. The second-order valence-electron chi connectivity index (χ2n) is 8.01. The van der Waals surface area contributed by atoms with Gasteiger partial charge in [0.2, 0.25) is 5.36 Å². The van der Waals surface area contributed by atoms with Gasteiger partial charge < -0.3 is 4.74 Å². The monoisotopic (exact) mass is 296 g/mol. The normalized spacial score (nSPS) is 23.0. The average molecular weight is 296 g/mol. The van der Waals surface area contributed by atoms with E-state index in [1.165, 1.54) is 46.7 Å². The van der Waals surface area contributed by atoms with Gasteiger partial charge in [-0.15, -0.1) is 0 Å². The fourth-order valence-corrected chi connectivity index (χ4v) is 3.97. The van der Waals surface area contributed by atoms with Gasteiger partial charge in [0.15, 0.2) is 0 Å². The van der Waals surface area contributed by atoms with Crippen molar-refractivity contribution in [3.63, 3.8) is 0 Å². The molecule has 0 fully saturated rings. The van der Waals surface area contributed by atoms with Gasteiger partial charge in [-0.05, 0) is 31.1 Å². The van der Waals surface area contributed by atoms with Crippen molar-refractivity contribution in [1.82, 2.24) is 4.58 Å². The molecule has 1 atom stereocenters. The lowest BCUT2D eigenvalue weighted by atomic mass is 9.84. The van der Waals surface area contributed by atoms with Crippen LogP contribution in [0.1, 0.15) is 51.7 Å². The molecule has 3 aliphatic rings. The number of allylic oxidation sites excluding steroid dienone is 1. The number of ether oxygens (including phenoxy) is 1. The van der Waals surface area contributed by atoms with Crippen molar-refractivity contribution in [3.05, 3.63) is 33.8 Å². The van der Waals surface area contributed by atoms with Gasteiger partial charge in [-0.25, -0.2) is 4.58 Å². The molecule has 1 unspecified atom stereocenters. The zero-order valence-electron chi connectivity index (χ0n) is 14.2. The van der Waals surface area contributed by atoms with Crippen LogP contribution in [0.15, 0.2) is 12.1 Å². The molecule has 0 spiro atoms. The maximum atomic E-state index is 6.50. The number of aryl methyl sites for hydroxylation is 1. The molecule has 3 heterocycles. The lowest BCUT2D eigenvalue weighted by Gasteiger charge is -2.34. The van der Waals surface area contributed by atoms with E-state index in [0.29, 0.717) is 0 Å². The van der Waals surface area contributed by atoms with Gasteiger partial charge in [-0.1, -0.05) is 26.8 Å². The minimum absolute atomic E-state index is 0.121. The summed E-state index contributed by atoms with van der Waals surface area (Å²) in [7, 11) is 0. The third-order valence-corrected chi connectivity index (χ3v) is 5.23. The Labute approximate surface area is 132 Å². The largest absolute Gasteiger partial charge is 0.484 e. The maximum Gasteiger partial charge on any atom is 0.213 e. The number of nitrogens with zero attached hydrogens (tertiary/aromatic N) is 1. The standard InChI is InChI=1S/C20H26NO/c1-13-11-17(20(2,3)4)22-19-15-8-6-10-21-9-5-7-14(18(15)21)12-16(13)19/h8,11-12,17H,5-7,9-10H2,1-4H3/q+1. The van der Waals surface area contributed by atoms with Crippen LogP contribution >= 0.6 is 0 Å². The number of hydrogen-bond acceptors (Lipinski definition) is 1. The molecule has 0 bridgehead atoms. The Morgan fingerprint density at radius 3 is 2.82 bits per heavy atom. The number of fused-ring (bicyclic) bond motifs is 2. The third kappa shape index (κ3) is 2.04. The van der Waals surface area contributed by atoms with Crippen molar-refractivity contribution in [2.24, 2.45) is 5.41 Å². The first kappa shape index (κ1) is 14.0. The third-order valence-electron chi connectivity index (χ3n) is 5.23. The SMILES string of the molecule is CC1=CC(C(C)(C)C)Oc2c1cc1c3c2=CCC[N+]=3CCC1. The summed E-state index contributed by atoms with van der Waals surface area (Å²) in [6, 6.07) is 2.39. The molecule has 0 saturated heterocycles. The Bertz CT molecular complexity index is 792. The molecule has 0 saturated carbocycles.